The van der Waals surface area contributed by atoms with Crippen LogP contribution in [0.5, 0.6) is 0 Å². The standard InChI is InChI=1S/C26H21ClN6O2/c1-16-12-24(33(3)31-16)32(2)26(35)17-8-10-20(22(27)13-17)25(34)30-19-9-7-18(15-28)21(14-19)23-6-4-5-11-29-23/h4-14H,1-3H3,(H,30,34). The smallest absolute Gasteiger partial charge is 0.259 e. The number of halogens is 1. The van der Waals surface area contributed by atoms with Gasteiger partial charge in [0.05, 0.1) is 33.6 Å². The summed E-state index contributed by atoms with van der Waals surface area (Å²) in [6, 6.07) is 18.8. The molecular formula is C26H21ClN6O2. The highest BCUT2D eigenvalue weighted by atomic mass is 35.5. The zero-order valence-corrected chi connectivity index (χ0v) is 20.0. The number of hydrogen-bond acceptors (Lipinski definition) is 5. The maximum atomic E-state index is 13.0. The lowest BCUT2D eigenvalue weighted by Crippen LogP contribution is -2.28. The van der Waals surface area contributed by atoms with E-state index in [2.05, 4.69) is 21.5 Å². The summed E-state index contributed by atoms with van der Waals surface area (Å²) < 4.78 is 1.62. The van der Waals surface area contributed by atoms with E-state index < -0.39 is 5.91 Å². The van der Waals surface area contributed by atoms with Crippen LogP contribution in [-0.2, 0) is 7.05 Å². The minimum absolute atomic E-state index is 0.140. The zero-order valence-electron chi connectivity index (χ0n) is 19.3. The van der Waals surface area contributed by atoms with Gasteiger partial charge in [-0.1, -0.05) is 17.7 Å². The Hall–Kier alpha value is -4.48. The van der Waals surface area contributed by atoms with Crippen molar-refractivity contribution in [3.63, 3.8) is 0 Å². The molecule has 0 spiro atoms. The quantitative estimate of drug-likeness (QED) is 0.436. The Labute approximate surface area is 207 Å². The molecule has 4 rings (SSSR count). The molecule has 0 radical (unpaired) electrons. The fraction of sp³-hybridized carbons (Fsp3) is 0.115. The van der Waals surface area contributed by atoms with Crippen molar-refractivity contribution in [2.45, 2.75) is 6.92 Å². The summed E-state index contributed by atoms with van der Waals surface area (Å²) in [5.74, 6) is -0.0924. The maximum absolute atomic E-state index is 13.0. The fourth-order valence-corrected chi connectivity index (χ4v) is 3.96. The van der Waals surface area contributed by atoms with Gasteiger partial charge in [0.2, 0.25) is 0 Å². The van der Waals surface area contributed by atoms with Crippen LogP contribution >= 0.6 is 11.6 Å². The van der Waals surface area contributed by atoms with Gasteiger partial charge in [-0.25, -0.2) is 0 Å². The number of amides is 2. The summed E-state index contributed by atoms with van der Waals surface area (Å²) >= 11 is 6.39. The van der Waals surface area contributed by atoms with E-state index in [4.69, 9.17) is 11.6 Å². The van der Waals surface area contributed by atoms with Crippen LogP contribution in [-0.4, -0.2) is 33.6 Å². The molecule has 0 aliphatic heterocycles. The highest BCUT2D eigenvalue weighted by Crippen LogP contribution is 2.27. The second-order valence-corrected chi connectivity index (χ2v) is 8.27. The van der Waals surface area contributed by atoms with E-state index >= 15 is 0 Å². The Morgan fingerprint density at radius 1 is 1.11 bits per heavy atom. The Bertz CT molecular complexity index is 1470. The largest absolute Gasteiger partial charge is 0.322 e. The number of nitriles is 1. The molecule has 2 aromatic heterocycles. The van der Waals surface area contributed by atoms with Gasteiger partial charge in [-0.3, -0.25) is 24.2 Å². The highest BCUT2D eigenvalue weighted by Gasteiger charge is 2.20. The lowest BCUT2D eigenvalue weighted by Gasteiger charge is -2.17. The van der Waals surface area contributed by atoms with Crippen LogP contribution in [0.25, 0.3) is 11.3 Å². The Balaban J connectivity index is 1.56. The third-order valence-electron chi connectivity index (χ3n) is 5.42. The van der Waals surface area contributed by atoms with Crippen molar-refractivity contribution in [3.05, 3.63) is 94.3 Å². The predicted molar refractivity (Wildman–Crippen MR) is 134 cm³/mol. The Morgan fingerprint density at radius 2 is 1.91 bits per heavy atom. The van der Waals surface area contributed by atoms with Crippen LogP contribution in [0.4, 0.5) is 11.5 Å². The topological polar surface area (TPSA) is 104 Å². The van der Waals surface area contributed by atoms with E-state index in [1.165, 1.54) is 17.0 Å². The number of pyridine rings is 1. The van der Waals surface area contributed by atoms with E-state index in [-0.39, 0.29) is 16.5 Å². The molecule has 2 amide bonds. The first-order valence-electron chi connectivity index (χ1n) is 10.6. The third-order valence-corrected chi connectivity index (χ3v) is 5.74. The van der Waals surface area contributed by atoms with E-state index in [9.17, 15) is 14.9 Å². The van der Waals surface area contributed by atoms with Crippen molar-refractivity contribution in [2.24, 2.45) is 7.05 Å². The van der Waals surface area contributed by atoms with Crippen molar-refractivity contribution >= 4 is 34.9 Å². The molecular weight excluding hydrogens is 464 g/mol. The lowest BCUT2D eigenvalue weighted by atomic mass is 10.0. The number of aromatic nitrogens is 3. The fourth-order valence-electron chi connectivity index (χ4n) is 3.69. The van der Waals surface area contributed by atoms with E-state index in [0.717, 1.165) is 5.69 Å². The van der Waals surface area contributed by atoms with Crippen LogP contribution in [0.1, 0.15) is 32.0 Å². The van der Waals surface area contributed by atoms with Gasteiger partial charge in [0.1, 0.15) is 5.82 Å². The second-order valence-electron chi connectivity index (χ2n) is 7.87. The predicted octanol–water partition coefficient (Wildman–Crippen LogP) is 4.84. The molecule has 35 heavy (non-hydrogen) atoms. The average Bonchev–Trinajstić information content (AvgIpc) is 3.21. The van der Waals surface area contributed by atoms with Crippen LogP contribution < -0.4 is 10.2 Å². The Kier molecular flexibility index (Phi) is 6.62. The molecule has 0 bridgehead atoms. The molecule has 9 heteroatoms. The van der Waals surface area contributed by atoms with Gasteiger partial charge in [0.25, 0.3) is 11.8 Å². The number of hydrogen-bond donors (Lipinski definition) is 1. The van der Waals surface area contributed by atoms with Gasteiger partial charge in [0, 0.05) is 43.2 Å². The van der Waals surface area contributed by atoms with Crippen molar-refractivity contribution in [1.29, 1.82) is 5.26 Å². The molecule has 174 valence electrons. The van der Waals surface area contributed by atoms with E-state index in [0.29, 0.717) is 33.9 Å². The molecule has 0 fully saturated rings. The lowest BCUT2D eigenvalue weighted by molar-refractivity contribution is 0.0987. The molecule has 0 aliphatic carbocycles. The second kappa shape index (κ2) is 9.79. The summed E-state index contributed by atoms with van der Waals surface area (Å²) in [5.41, 5.74) is 3.49. The van der Waals surface area contributed by atoms with Gasteiger partial charge in [0.15, 0.2) is 0 Å². The number of nitrogens with zero attached hydrogens (tertiary/aromatic N) is 5. The van der Waals surface area contributed by atoms with Gasteiger partial charge in [-0.2, -0.15) is 10.4 Å². The molecule has 2 aromatic carbocycles. The maximum Gasteiger partial charge on any atom is 0.259 e. The highest BCUT2D eigenvalue weighted by molar-refractivity contribution is 6.35. The van der Waals surface area contributed by atoms with Crippen LogP contribution in [0.15, 0.2) is 66.9 Å². The first-order chi connectivity index (χ1) is 16.8. The summed E-state index contributed by atoms with van der Waals surface area (Å²) in [6.07, 6.45) is 1.64. The number of carbonyl (C=O) groups is 2. The molecule has 1 N–H and O–H groups in total. The number of carbonyl (C=O) groups excluding carboxylic acids is 2. The zero-order chi connectivity index (χ0) is 25.1. The minimum atomic E-state index is -0.443. The van der Waals surface area contributed by atoms with Crippen molar-refractivity contribution in [2.75, 3.05) is 17.3 Å². The molecule has 0 aliphatic rings. The Morgan fingerprint density at radius 3 is 2.54 bits per heavy atom. The summed E-state index contributed by atoms with van der Waals surface area (Å²) in [6.45, 7) is 1.85. The van der Waals surface area contributed by atoms with Gasteiger partial charge in [-0.05, 0) is 55.5 Å². The number of rotatable bonds is 5. The summed E-state index contributed by atoms with van der Waals surface area (Å²) in [7, 11) is 3.41. The van der Waals surface area contributed by atoms with Crippen LogP contribution in [0.2, 0.25) is 5.02 Å². The van der Waals surface area contributed by atoms with E-state index in [1.54, 1.807) is 67.4 Å². The molecule has 0 saturated carbocycles. The molecule has 2 heterocycles. The molecule has 0 saturated heterocycles. The van der Waals surface area contributed by atoms with Gasteiger partial charge >= 0.3 is 0 Å². The summed E-state index contributed by atoms with van der Waals surface area (Å²) in [4.78, 5) is 31.7. The van der Waals surface area contributed by atoms with Crippen molar-refractivity contribution in [3.8, 4) is 17.3 Å². The minimum Gasteiger partial charge on any atom is -0.322 e. The van der Waals surface area contributed by atoms with Crippen LogP contribution in [0, 0.1) is 18.3 Å². The number of benzene rings is 2. The molecule has 4 aromatic rings. The van der Waals surface area contributed by atoms with E-state index in [1.807, 2.05) is 13.0 Å². The molecule has 0 atom stereocenters. The third kappa shape index (κ3) is 4.90. The summed E-state index contributed by atoms with van der Waals surface area (Å²) in [5, 5.41) is 16.6. The average molecular weight is 485 g/mol. The van der Waals surface area contributed by atoms with Crippen molar-refractivity contribution in [1.82, 2.24) is 14.8 Å². The SMILES string of the molecule is Cc1cc(N(C)C(=O)c2ccc(C(=O)Nc3ccc(C#N)c(-c4ccccn4)c3)c(Cl)c2)n(C)n1. The number of anilines is 2. The van der Waals surface area contributed by atoms with Crippen LogP contribution in [0.3, 0.4) is 0 Å². The normalized spacial score (nSPS) is 10.5. The van der Waals surface area contributed by atoms with Gasteiger partial charge in [-0.15, -0.1) is 0 Å². The van der Waals surface area contributed by atoms with Crippen molar-refractivity contribution < 1.29 is 9.59 Å². The molecule has 8 nitrogen and oxygen atoms in total. The number of nitrogens with one attached hydrogen (secondary N) is 1. The molecule has 0 unspecified atom stereocenters. The first kappa shape index (κ1) is 23.7. The van der Waals surface area contributed by atoms with Gasteiger partial charge < -0.3 is 5.32 Å². The first-order valence-corrected chi connectivity index (χ1v) is 11.0. The number of aryl methyl sites for hydroxylation is 2. The monoisotopic (exact) mass is 484 g/mol.